The van der Waals surface area contributed by atoms with Crippen molar-refractivity contribution in [2.75, 3.05) is 5.73 Å². The van der Waals surface area contributed by atoms with E-state index in [-0.39, 0.29) is 0 Å². The molecular formula is C14H16N4. The molecule has 1 aromatic carbocycles. The molecular weight excluding hydrogens is 224 g/mol. The minimum atomic E-state index is 0.873. The van der Waals surface area contributed by atoms with E-state index in [0.29, 0.717) is 0 Å². The lowest BCUT2D eigenvalue weighted by Gasteiger charge is -2.05. The highest BCUT2D eigenvalue weighted by Crippen LogP contribution is 2.30. The Morgan fingerprint density at radius 3 is 2.72 bits per heavy atom. The van der Waals surface area contributed by atoms with Crippen LogP contribution in [0.2, 0.25) is 0 Å². The fourth-order valence-corrected chi connectivity index (χ4v) is 2.41. The number of nitrogen functional groups attached to an aromatic ring is 1. The summed E-state index contributed by atoms with van der Waals surface area (Å²) in [5, 5.41) is 5.37. The molecule has 2 heterocycles. The number of benzene rings is 1. The smallest absolute Gasteiger partial charge is 0.0841 e. The molecule has 3 N–H and O–H groups in total. The molecule has 3 aromatic rings. The lowest BCUT2D eigenvalue weighted by atomic mass is 10.0. The fourth-order valence-electron chi connectivity index (χ4n) is 2.41. The van der Waals surface area contributed by atoms with Gasteiger partial charge in [0.25, 0.3) is 0 Å². The van der Waals surface area contributed by atoms with Gasteiger partial charge in [-0.1, -0.05) is 0 Å². The number of H-pyrrole nitrogens is 1. The summed E-state index contributed by atoms with van der Waals surface area (Å²) < 4.78 is 1.86. The third-order valence-corrected chi connectivity index (χ3v) is 3.54. The van der Waals surface area contributed by atoms with Crippen molar-refractivity contribution < 1.29 is 0 Å². The monoisotopic (exact) mass is 240 g/mol. The zero-order valence-corrected chi connectivity index (χ0v) is 10.8. The number of anilines is 1. The van der Waals surface area contributed by atoms with Gasteiger partial charge in [-0.05, 0) is 43.2 Å². The van der Waals surface area contributed by atoms with Crippen molar-refractivity contribution in [2.45, 2.75) is 13.8 Å². The molecule has 0 atom stereocenters. The number of aromatic amines is 1. The Bertz CT molecular complexity index is 734. The van der Waals surface area contributed by atoms with Gasteiger partial charge in [-0.3, -0.25) is 4.68 Å². The average Bonchev–Trinajstić information content (AvgIpc) is 2.92. The Morgan fingerprint density at radius 2 is 2.06 bits per heavy atom. The van der Waals surface area contributed by atoms with Crippen LogP contribution >= 0.6 is 0 Å². The number of aryl methyl sites for hydroxylation is 3. The van der Waals surface area contributed by atoms with Crippen LogP contribution in [0.3, 0.4) is 0 Å². The first-order chi connectivity index (χ1) is 8.58. The van der Waals surface area contributed by atoms with Crippen LogP contribution in [0, 0.1) is 13.8 Å². The quantitative estimate of drug-likeness (QED) is 0.642. The topological polar surface area (TPSA) is 59.6 Å². The Balaban J connectivity index is 2.30. The summed E-state index contributed by atoms with van der Waals surface area (Å²) in [6.07, 6.45) is 1.80. The lowest BCUT2D eigenvalue weighted by molar-refractivity contribution is 0.774. The molecule has 0 unspecified atom stereocenters. The number of hydrogen-bond acceptors (Lipinski definition) is 2. The van der Waals surface area contributed by atoms with Crippen molar-refractivity contribution in [2.24, 2.45) is 7.05 Å². The molecule has 92 valence electrons. The molecule has 0 spiro atoms. The molecule has 3 rings (SSSR count). The maximum absolute atomic E-state index is 6.07. The largest absolute Gasteiger partial charge is 0.398 e. The third-order valence-electron chi connectivity index (χ3n) is 3.54. The number of aromatic nitrogens is 3. The first-order valence-electron chi connectivity index (χ1n) is 5.94. The number of nitrogens with two attached hydrogens (primary N) is 1. The van der Waals surface area contributed by atoms with Gasteiger partial charge in [0.05, 0.1) is 11.4 Å². The van der Waals surface area contributed by atoms with Crippen LogP contribution in [0.15, 0.2) is 24.4 Å². The molecule has 0 aliphatic heterocycles. The maximum Gasteiger partial charge on any atom is 0.0841 e. The average molecular weight is 240 g/mol. The molecule has 0 radical (unpaired) electrons. The van der Waals surface area contributed by atoms with E-state index in [9.17, 15) is 0 Å². The Hall–Kier alpha value is -2.23. The third kappa shape index (κ3) is 1.42. The van der Waals surface area contributed by atoms with Crippen molar-refractivity contribution in [3.63, 3.8) is 0 Å². The minimum Gasteiger partial charge on any atom is -0.398 e. The summed E-state index contributed by atoms with van der Waals surface area (Å²) in [6, 6.07) is 6.23. The van der Waals surface area contributed by atoms with Crippen molar-refractivity contribution in [3.05, 3.63) is 35.5 Å². The maximum atomic E-state index is 6.07. The molecule has 0 fully saturated rings. The molecule has 18 heavy (non-hydrogen) atoms. The molecule has 0 aliphatic rings. The Labute approximate surface area is 105 Å². The lowest BCUT2D eigenvalue weighted by Crippen LogP contribution is -1.93. The van der Waals surface area contributed by atoms with Gasteiger partial charge in [0.15, 0.2) is 0 Å². The van der Waals surface area contributed by atoms with E-state index in [1.807, 2.05) is 24.7 Å². The van der Waals surface area contributed by atoms with Crippen LogP contribution in [0.4, 0.5) is 5.69 Å². The number of nitrogens with one attached hydrogen (secondary N) is 1. The zero-order chi connectivity index (χ0) is 12.9. The molecule has 0 aliphatic carbocycles. The normalized spacial score (nSPS) is 11.3. The van der Waals surface area contributed by atoms with E-state index in [0.717, 1.165) is 33.7 Å². The summed E-state index contributed by atoms with van der Waals surface area (Å²) in [5.41, 5.74) is 12.5. The zero-order valence-electron chi connectivity index (χ0n) is 10.8. The predicted octanol–water partition coefficient (Wildman–Crippen LogP) is 2.77. The van der Waals surface area contributed by atoms with Crippen molar-refractivity contribution >= 4 is 16.6 Å². The summed E-state index contributed by atoms with van der Waals surface area (Å²) in [7, 11) is 1.94. The van der Waals surface area contributed by atoms with Crippen LogP contribution in [0.5, 0.6) is 0 Å². The highest BCUT2D eigenvalue weighted by atomic mass is 15.3. The first kappa shape index (κ1) is 10.9. The molecule has 0 bridgehead atoms. The number of hydrogen-bond donors (Lipinski definition) is 2. The number of rotatable bonds is 1. The summed E-state index contributed by atoms with van der Waals surface area (Å²) in [6.45, 7) is 4.10. The van der Waals surface area contributed by atoms with Gasteiger partial charge in [-0.25, -0.2) is 0 Å². The van der Waals surface area contributed by atoms with E-state index in [1.165, 1.54) is 5.39 Å². The van der Waals surface area contributed by atoms with E-state index >= 15 is 0 Å². The second-order valence-corrected chi connectivity index (χ2v) is 4.72. The second kappa shape index (κ2) is 3.63. The number of nitrogens with zero attached hydrogens (tertiary/aromatic N) is 2. The van der Waals surface area contributed by atoms with Crippen LogP contribution in [0.1, 0.15) is 11.1 Å². The SMILES string of the molecule is Cc1cc2[nH]c(-c3ccnn3C)cc2c(C)c1N. The van der Waals surface area contributed by atoms with Gasteiger partial charge in [0, 0.05) is 29.8 Å². The standard InChI is InChI=1S/C14H16N4/c1-8-6-11-10(9(2)14(8)15)7-12(17-11)13-4-5-16-18(13)3/h4-7,17H,15H2,1-3H3. The Kier molecular flexibility index (Phi) is 2.20. The van der Waals surface area contributed by atoms with Gasteiger partial charge in [0.1, 0.15) is 0 Å². The first-order valence-corrected chi connectivity index (χ1v) is 5.94. The Morgan fingerprint density at radius 1 is 1.28 bits per heavy atom. The van der Waals surface area contributed by atoms with Gasteiger partial charge in [-0.2, -0.15) is 5.10 Å². The van der Waals surface area contributed by atoms with Crippen LogP contribution in [-0.2, 0) is 7.05 Å². The van der Waals surface area contributed by atoms with E-state index < -0.39 is 0 Å². The molecule has 2 aromatic heterocycles. The molecule has 4 nitrogen and oxygen atoms in total. The summed E-state index contributed by atoms with van der Waals surface area (Å²) in [5.74, 6) is 0. The highest BCUT2D eigenvalue weighted by molar-refractivity contribution is 5.92. The second-order valence-electron chi connectivity index (χ2n) is 4.72. The van der Waals surface area contributed by atoms with Crippen LogP contribution in [0.25, 0.3) is 22.3 Å². The summed E-state index contributed by atoms with van der Waals surface area (Å²) in [4.78, 5) is 3.43. The fraction of sp³-hybridized carbons (Fsp3) is 0.214. The van der Waals surface area contributed by atoms with Crippen molar-refractivity contribution in [3.8, 4) is 11.4 Å². The molecule has 0 saturated carbocycles. The van der Waals surface area contributed by atoms with E-state index in [4.69, 9.17) is 5.73 Å². The van der Waals surface area contributed by atoms with Gasteiger partial charge in [0.2, 0.25) is 0 Å². The predicted molar refractivity (Wildman–Crippen MR) is 74.4 cm³/mol. The van der Waals surface area contributed by atoms with Gasteiger partial charge >= 0.3 is 0 Å². The number of fused-ring (bicyclic) bond motifs is 1. The van der Waals surface area contributed by atoms with Crippen molar-refractivity contribution in [1.82, 2.24) is 14.8 Å². The molecule has 4 heteroatoms. The summed E-state index contributed by atoms with van der Waals surface area (Å²) >= 11 is 0. The van der Waals surface area contributed by atoms with E-state index in [2.05, 4.69) is 29.1 Å². The van der Waals surface area contributed by atoms with Crippen LogP contribution < -0.4 is 5.73 Å². The van der Waals surface area contributed by atoms with Crippen molar-refractivity contribution in [1.29, 1.82) is 0 Å². The highest BCUT2D eigenvalue weighted by Gasteiger charge is 2.11. The van der Waals surface area contributed by atoms with E-state index in [1.54, 1.807) is 6.20 Å². The molecule has 0 amide bonds. The van der Waals surface area contributed by atoms with Crippen LogP contribution in [-0.4, -0.2) is 14.8 Å². The van der Waals surface area contributed by atoms with Gasteiger partial charge in [-0.15, -0.1) is 0 Å². The molecule has 0 saturated heterocycles. The van der Waals surface area contributed by atoms with Gasteiger partial charge < -0.3 is 10.7 Å². The minimum absolute atomic E-state index is 0.873.